The van der Waals surface area contributed by atoms with Gasteiger partial charge < -0.3 is 0 Å². The van der Waals surface area contributed by atoms with Crippen LogP contribution in [0.25, 0.3) is 0 Å². The Morgan fingerprint density at radius 2 is 1.52 bits per heavy atom. The van der Waals surface area contributed by atoms with Crippen molar-refractivity contribution in [2.75, 3.05) is 0 Å². The Kier molecular flexibility index (Phi) is 4.70. The van der Waals surface area contributed by atoms with Crippen LogP contribution in [-0.4, -0.2) is 0 Å². The van der Waals surface area contributed by atoms with Gasteiger partial charge in [-0.25, -0.2) is 0 Å². The summed E-state index contributed by atoms with van der Waals surface area (Å²) < 4.78 is 37.9. The number of halogens is 3. The van der Waals surface area contributed by atoms with Gasteiger partial charge >= 0.3 is 6.18 Å². The molecule has 0 fully saturated rings. The molecule has 2 aromatic carbocycles. The second-order valence-corrected chi connectivity index (χ2v) is 4.78. The van der Waals surface area contributed by atoms with Gasteiger partial charge in [0.05, 0.1) is 5.56 Å². The Morgan fingerprint density at radius 3 is 2.14 bits per heavy atom. The quantitative estimate of drug-likeness (QED) is 0.678. The third-order valence-electron chi connectivity index (χ3n) is 3.01. The minimum absolute atomic E-state index is 0.366. The molecule has 0 spiro atoms. The predicted molar refractivity (Wildman–Crippen MR) is 77.9 cm³/mol. The Bertz CT molecular complexity index is 673. The summed E-state index contributed by atoms with van der Waals surface area (Å²) in [5, 5.41) is 0. The first-order chi connectivity index (χ1) is 9.99. The Hall–Kier alpha value is -2.21. The van der Waals surface area contributed by atoms with Crippen LogP contribution in [0.4, 0.5) is 13.2 Å². The van der Waals surface area contributed by atoms with Gasteiger partial charge in [0.1, 0.15) is 0 Å². The molecule has 0 aliphatic carbocycles. The lowest BCUT2D eigenvalue weighted by Gasteiger charge is -2.05. The second kappa shape index (κ2) is 6.49. The number of aryl methyl sites for hydroxylation is 1. The van der Waals surface area contributed by atoms with E-state index < -0.39 is 11.7 Å². The molecule has 0 nitrogen and oxygen atoms in total. The highest BCUT2D eigenvalue weighted by atomic mass is 19.4. The van der Waals surface area contributed by atoms with E-state index in [4.69, 9.17) is 0 Å². The fourth-order valence-corrected chi connectivity index (χ4v) is 2.01. The third kappa shape index (κ3) is 4.39. The van der Waals surface area contributed by atoms with Crippen LogP contribution in [0.3, 0.4) is 0 Å². The number of hydrogen-bond donors (Lipinski definition) is 0. The van der Waals surface area contributed by atoms with Gasteiger partial charge in [-0.2, -0.15) is 13.2 Å². The van der Waals surface area contributed by atoms with Crippen LogP contribution < -0.4 is 0 Å². The molecule has 108 valence electrons. The third-order valence-corrected chi connectivity index (χ3v) is 3.01. The Labute approximate surface area is 122 Å². The molecule has 0 atom stereocenters. The van der Waals surface area contributed by atoms with Crippen molar-refractivity contribution in [3.63, 3.8) is 0 Å². The second-order valence-electron chi connectivity index (χ2n) is 4.78. The maximum Gasteiger partial charge on any atom is 0.416 e. The van der Waals surface area contributed by atoms with Crippen LogP contribution in [0.1, 0.15) is 35.6 Å². The Morgan fingerprint density at radius 1 is 0.905 bits per heavy atom. The molecule has 0 aliphatic heterocycles. The van der Waals surface area contributed by atoms with Gasteiger partial charge in [0, 0.05) is 11.1 Å². The molecule has 0 saturated carbocycles. The summed E-state index contributed by atoms with van der Waals surface area (Å²) in [7, 11) is 0. The summed E-state index contributed by atoms with van der Waals surface area (Å²) in [4.78, 5) is 0. The van der Waals surface area contributed by atoms with E-state index in [0.717, 1.165) is 30.5 Å². The maximum absolute atomic E-state index is 12.6. The van der Waals surface area contributed by atoms with E-state index in [0.29, 0.717) is 5.56 Å². The topological polar surface area (TPSA) is 0 Å². The van der Waals surface area contributed by atoms with Gasteiger partial charge in [-0.3, -0.25) is 0 Å². The van der Waals surface area contributed by atoms with Crippen molar-refractivity contribution in [2.24, 2.45) is 0 Å². The highest BCUT2D eigenvalue weighted by Gasteiger charge is 2.30. The number of rotatable bonds is 2. The van der Waals surface area contributed by atoms with Crippen molar-refractivity contribution in [3.05, 3.63) is 70.8 Å². The Balaban J connectivity index is 2.25. The summed E-state index contributed by atoms with van der Waals surface area (Å²) in [5.74, 6) is 5.71. The van der Waals surface area contributed by atoms with Crippen molar-refractivity contribution in [2.45, 2.75) is 25.9 Å². The van der Waals surface area contributed by atoms with E-state index in [1.165, 1.54) is 11.6 Å². The fraction of sp³-hybridized carbons (Fsp3) is 0.222. The van der Waals surface area contributed by atoms with Crippen molar-refractivity contribution in [1.29, 1.82) is 0 Å². The average molecular weight is 288 g/mol. The average Bonchev–Trinajstić information content (AvgIpc) is 2.45. The number of alkyl halides is 3. The normalized spacial score (nSPS) is 10.9. The first kappa shape index (κ1) is 15.2. The molecule has 0 N–H and O–H groups in total. The zero-order chi connectivity index (χ0) is 15.3. The van der Waals surface area contributed by atoms with Crippen molar-refractivity contribution in [1.82, 2.24) is 0 Å². The SMILES string of the molecule is CCCc1cccc(C#Cc2cccc(C(F)(F)F)c2)c1. The molecule has 0 amide bonds. The van der Waals surface area contributed by atoms with Crippen molar-refractivity contribution in [3.8, 4) is 11.8 Å². The van der Waals surface area contributed by atoms with Crippen molar-refractivity contribution < 1.29 is 13.2 Å². The highest BCUT2D eigenvalue weighted by Crippen LogP contribution is 2.29. The highest BCUT2D eigenvalue weighted by molar-refractivity contribution is 5.45. The molecule has 21 heavy (non-hydrogen) atoms. The predicted octanol–water partition coefficient (Wildman–Crippen LogP) is 5.06. The standard InChI is InChI=1S/C18H15F3/c1-2-5-14-6-3-7-15(12-14)10-11-16-8-4-9-17(13-16)18(19,20)21/h3-4,6-9,12-13H,2,5H2,1H3. The van der Waals surface area contributed by atoms with E-state index in [-0.39, 0.29) is 0 Å². The van der Waals surface area contributed by atoms with Gasteiger partial charge in [-0.15, -0.1) is 0 Å². The largest absolute Gasteiger partial charge is 0.416 e. The molecule has 3 heteroatoms. The van der Waals surface area contributed by atoms with Gasteiger partial charge in [0.2, 0.25) is 0 Å². The monoisotopic (exact) mass is 288 g/mol. The van der Waals surface area contributed by atoms with Crippen LogP contribution in [0.5, 0.6) is 0 Å². The molecule has 0 aromatic heterocycles. The summed E-state index contributed by atoms with van der Waals surface area (Å²) >= 11 is 0. The molecular formula is C18H15F3. The van der Waals surface area contributed by atoms with Crippen molar-refractivity contribution >= 4 is 0 Å². The lowest BCUT2D eigenvalue weighted by molar-refractivity contribution is -0.137. The van der Waals surface area contributed by atoms with E-state index in [1.54, 1.807) is 6.07 Å². The minimum atomic E-state index is -4.33. The molecule has 0 aliphatic rings. The van der Waals surface area contributed by atoms with E-state index >= 15 is 0 Å². The van der Waals surface area contributed by atoms with Gasteiger partial charge in [0.25, 0.3) is 0 Å². The molecule has 2 aromatic rings. The minimum Gasteiger partial charge on any atom is -0.166 e. The van der Waals surface area contributed by atoms with E-state index in [1.807, 2.05) is 24.3 Å². The first-order valence-electron chi connectivity index (χ1n) is 6.77. The summed E-state index contributed by atoms with van der Waals surface area (Å²) in [6, 6.07) is 12.9. The van der Waals surface area contributed by atoms with Crippen LogP contribution in [-0.2, 0) is 12.6 Å². The van der Waals surface area contributed by atoms with E-state index in [9.17, 15) is 13.2 Å². The van der Waals surface area contributed by atoms with Crippen LogP contribution in [0.15, 0.2) is 48.5 Å². The fourth-order valence-electron chi connectivity index (χ4n) is 2.01. The zero-order valence-corrected chi connectivity index (χ0v) is 11.7. The number of hydrogen-bond acceptors (Lipinski definition) is 0. The zero-order valence-electron chi connectivity index (χ0n) is 11.7. The molecule has 2 rings (SSSR count). The summed E-state index contributed by atoms with van der Waals surface area (Å²) in [5.41, 5.74) is 1.70. The van der Waals surface area contributed by atoms with Gasteiger partial charge in [-0.05, 0) is 42.3 Å². The molecular weight excluding hydrogens is 273 g/mol. The van der Waals surface area contributed by atoms with Crippen LogP contribution in [0.2, 0.25) is 0 Å². The summed E-state index contributed by atoms with van der Waals surface area (Å²) in [6.07, 6.45) is -2.32. The maximum atomic E-state index is 12.6. The van der Waals surface area contributed by atoms with E-state index in [2.05, 4.69) is 18.8 Å². The van der Waals surface area contributed by atoms with Gasteiger partial charge in [-0.1, -0.05) is 43.4 Å². The van der Waals surface area contributed by atoms with Crippen LogP contribution in [0, 0.1) is 11.8 Å². The lowest BCUT2D eigenvalue weighted by atomic mass is 10.1. The lowest BCUT2D eigenvalue weighted by Crippen LogP contribution is -2.04. The smallest absolute Gasteiger partial charge is 0.166 e. The first-order valence-corrected chi connectivity index (χ1v) is 6.77. The molecule has 0 unspecified atom stereocenters. The molecule has 0 heterocycles. The van der Waals surface area contributed by atoms with Crippen LogP contribution >= 0.6 is 0 Å². The molecule has 0 bridgehead atoms. The molecule has 0 saturated heterocycles. The molecule has 0 radical (unpaired) electrons. The van der Waals surface area contributed by atoms with Gasteiger partial charge in [0.15, 0.2) is 0 Å². The summed E-state index contributed by atoms with van der Waals surface area (Å²) in [6.45, 7) is 2.10. The number of benzene rings is 2.